The van der Waals surface area contributed by atoms with Crippen molar-refractivity contribution >= 4 is 17.2 Å². The second kappa shape index (κ2) is 7.73. The molecule has 0 saturated carbocycles. The summed E-state index contributed by atoms with van der Waals surface area (Å²) < 4.78 is 5.38. The lowest BCUT2D eigenvalue weighted by Gasteiger charge is -2.28. The van der Waals surface area contributed by atoms with Gasteiger partial charge in [-0.05, 0) is 37.1 Å². The van der Waals surface area contributed by atoms with E-state index >= 15 is 0 Å². The number of aliphatic hydroxyl groups excluding tert-OH is 1. The van der Waals surface area contributed by atoms with Gasteiger partial charge in [-0.25, -0.2) is 0 Å². The molecule has 116 valence electrons. The minimum absolute atomic E-state index is 0.224. The average molecular weight is 308 g/mol. The fraction of sp³-hybridized carbons (Fsp3) is 0.562. The van der Waals surface area contributed by atoms with Crippen LogP contribution in [0.4, 0.5) is 0 Å². The van der Waals surface area contributed by atoms with Gasteiger partial charge in [-0.2, -0.15) is 0 Å². The summed E-state index contributed by atoms with van der Waals surface area (Å²) in [5, 5.41) is 9.58. The van der Waals surface area contributed by atoms with Gasteiger partial charge in [-0.3, -0.25) is 4.90 Å². The largest absolute Gasteiger partial charge is 0.496 e. The lowest BCUT2D eigenvalue weighted by atomic mass is 10.1. The van der Waals surface area contributed by atoms with Gasteiger partial charge in [-0.1, -0.05) is 31.1 Å². The molecule has 1 heterocycles. The lowest BCUT2D eigenvalue weighted by Crippen LogP contribution is -2.36. The van der Waals surface area contributed by atoms with Crippen LogP contribution in [0.5, 0.6) is 5.75 Å². The molecule has 1 aliphatic heterocycles. The molecule has 0 aromatic heterocycles. The first-order valence-electron chi connectivity index (χ1n) is 7.47. The number of thiocarbonyl (C=S) groups is 1. The molecule has 0 radical (unpaired) electrons. The van der Waals surface area contributed by atoms with Gasteiger partial charge in [0.25, 0.3) is 0 Å². The van der Waals surface area contributed by atoms with Crippen LogP contribution in [0.3, 0.4) is 0 Å². The van der Waals surface area contributed by atoms with Crippen molar-refractivity contribution in [3.8, 4) is 5.75 Å². The highest BCUT2D eigenvalue weighted by atomic mass is 32.1. The third-order valence-electron chi connectivity index (χ3n) is 4.13. The van der Waals surface area contributed by atoms with Gasteiger partial charge in [0.15, 0.2) is 0 Å². The van der Waals surface area contributed by atoms with Gasteiger partial charge in [0.1, 0.15) is 10.7 Å². The van der Waals surface area contributed by atoms with Gasteiger partial charge in [0.05, 0.1) is 19.3 Å². The topological polar surface area (TPSA) is 58.7 Å². The second-order valence-corrected chi connectivity index (χ2v) is 5.99. The number of hydrogen-bond acceptors (Lipinski definition) is 4. The number of likely N-dealkylation sites (tertiary alicyclic amines) is 1. The van der Waals surface area contributed by atoms with Gasteiger partial charge in [0.2, 0.25) is 0 Å². The van der Waals surface area contributed by atoms with Crippen LogP contribution in [0.25, 0.3) is 0 Å². The van der Waals surface area contributed by atoms with Crippen molar-refractivity contribution in [3.63, 3.8) is 0 Å². The molecule has 0 bridgehead atoms. The van der Waals surface area contributed by atoms with Crippen LogP contribution < -0.4 is 10.5 Å². The van der Waals surface area contributed by atoms with Gasteiger partial charge in [0, 0.05) is 12.6 Å². The number of aliphatic hydroxyl groups is 1. The lowest BCUT2D eigenvalue weighted by molar-refractivity contribution is 0.118. The van der Waals surface area contributed by atoms with Crippen LogP contribution in [0.15, 0.2) is 18.2 Å². The molecule has 1 aliphatic rings. The molecular formula is C16H24N2O2S. The minimum Gasteiger partial charge on any atom is -0.496 e. The van der Waals surface area contributed by atoms with Crippen LogP contribution in [-0.2, 0) is 6.54 Å². The van der Waals surface area contributed by atoms with E-state index in [2.05, 4.69) is 4.90 Å². The van der Waals surface area contributed by atoms with Crippen molar-refractivity contribution in [2.45, 2.75) is 38.3 Å². The Morgan fingerprint density at radius 3 is 2.90 bits per heavy atom. The number of benzene rings is 1. The summed E-state index contributed by atoms with van der Waals surface area (Å²) in [5.41, 5.74) is 7.63. The Balaban J connectivity index is 2.16. The fourth-order valence-corrected chi connectivity index (χ4v) is 3.09. The number of rotatable bonds is 5. The highest BCUT2D eigenvalue weighted by Gasteiger charge is 2.20. The van der Waals surface area contributed by atoms with Crippen LogP contribution >= 0.6 is 12.2 Å². The molecule has 4 nitrogen and oxygen atoms in total. The number of nitrogens with zero attached hydrogens (tertiary/aromatic N) is 1. The Morgan fingerprint density at radius 1 is 1.43 bits per heavy atom. The second-order valence-electron chi connectivity index (χ2n) is 5.56. The SMILES string of the molecule is COc1cc(CN2CCCCCC2CO)ccc1C(N)=S. The maximum Gasteiger partial charge on any atom is 0.129 e. The Bertz CT molecular complexity index is 493. The van der Waals surface area contributed by atoms with Gasteiger partial charge in [-0.15, -0.1) is 0 Å². The highest BCUT2D eigenvalue weighted by Crippen LogP contribution is 2.24. The van der Waals surface area contributed by atoms with Crippen molar-refractivity contribution in [2.24, 2.45) is 5.73 Å². The molecule has 21 heavy (non-hydrogen) atoms. The highest BCUT2D eigenvalue weighted by molar-refractivity contribution is 7.80. The molecule has 1 aromatic carbocycles. The standard InChI is InChI=1S/C16H24N2O2S/c1-20-15-9-12(6-7-14(15)16(17)21)10-18-8-4-2-3-5-13(18)11-19/h6-7,9,13,19H,2-5,8,10-11H2,1H3,(H2,17,21). The first-order valence-corrected chi connectivity index (χ1v) is 7.88. The molecule has 1 saturated heterocycles. The molecule has 0 amide bonds. The molecule has 1 atom stereocenters. The molecule has 1 fully saturated rings. The maximum atomic E-state index is 9.58. The van der Waals surface area contributed by atoms with E-state index in [1.54, 1.807) is 7.11 Å². The summed E-state index contributed by atoms with van der Waals surface area (Å²) in [6.07, 6.45) is 4.71. The first-order chi connectivity index (χ1) is 10.2. The number of ether oxygens (including phenoxy) is 1. The monoisotopic (exact) mass is 308 g/mol. The normalized spacial score (nSPS) is 20.0. The van der Waals surface area contributed by atoms with Crippen molar-refractivity contribution < 1.29 is 9.84 Å². The van der Waals surface area contributed by atoms with Crippen molar-refractivity contribution in [3.05, 3.63) is 29.3 Å². The average Bonchev–Trinajstić information content (AvgIpc) is 2.71. The van der Waals surface area contributed by atoms with Gasteiger partial charge < -0.3 is 15.6 Å². The zero-order chi connectivity index (χ0) is 15.2. The van der Waals surface area contributed by atoms with E-state index in [-0.39, 0.29) is 12.6 Å². The summed E-state index contributed by atoms with van der Waals surface area (Å²) in [6.45, 7) is 2.08. The molecule has 3 N–H and O–H groups in total. The summed E-state index contributed by atoms with van der Waals surface area (Å²) in [4.78, 5) is 2.71. The van der Waals surface area contributed by atoms with E-state index in [9.17, 15) is 5.11 Å². The Morgan fingerprint density at radius 2 is 2.24 bits per heavy atom. The summed E-state index contributed by atoms with van der Waals surface area (Å²) in [6, 6.07) is 6.21. The van der Waals surface area contributed by atoms with Crippen LogP contribution in [0.1, 0.15) is 36.8 Å². The molecule has 1 aromatic rings. The predicted octanol–water partition coefficient (Wildman–Crippen LogP) is 2.07. The number of hydrogen-bond donors (Lipinski definition) is 2. The molecule has 1 unspecified atom stereocenters. The molecule has 5 heteroatoms. The summed E-state index contributed by atoms with van der Waals surface area (Å²) in [5.74, 6) is 0.718. The quantitative estimate of drug-likeness (QED) is 0.816. The Kier molecular flexibility index (Phi) is 5.96. The zero-order valence-electron chi connectivity index (χ0n) is 12.5. The number of methoxy groups -OCH3 is 1. The Labute approximate surface area is 131 Å². The molecular weight excluding hydrogens is 284 g/mol. The van der Waals surface area contributed by atoms with Crippen molar-refractivity contribution in [1.29, 1.82) is 0 Å². The molecule has 2 rings (SSSR count). The first kappa shape index (κ1) is 16.2. The third kappa shape index (κ3) is 4.15. The van der Waals surface area contributed by atoms with Crippen LogP contribution in [0, 0.1) is 0 Å². The molecule has 0 aliphatic carbocycles. The van der Waals surface area contributed by atoms with E-state index in [1.807, 2.05) is 18.2 Å². The third-order valence-corrected chi connectivity index (χ3v) is 4.35. The predicted molar refractivity (Wildman–Crippen MR) is 88.6 cm³/mol. The molecule has 0 spiro atoms. The van der Waals surface area contributed by atoms with Crippen molar-refractivity contribution in [2.75, 3.05) is 20.3 Å². The zero-order valence-corrected chi connectivity index (χ0v) is 13.4. The van der Waals surface area contributed by atoms with Gasteiger partial charge >= 0.3 is 0 Å². The smallest absolute Gasteiger partial charge is 0.129 e. The summed E-state index contributed by atoms with van der Waals surface area (Å²) in [7, 11) is 1.63. The minimum atomic E-state index is 0.224. The van der Waals surface area contributed by atoms with E-state index < -0.39 is 0 Å². The van der Waals surface area contributed by atoms with E-state index in [4.69, 9.17) is 22.7 Å². The number of nitrogens with two attached hydrogens (primary N) is 1. The summed E-state index contributed by atoms with van der Waals surface area (Å²) >= 11 is 5.03. The van der Waals surface area contributed by atoms with Crippen LogP contribution in [0.2, 0.25) is 0 Å². The van der Waals surface area contributed by atoms with Crippen molar-refractivity contribution in [1.82, 2.24) is 4.90 Å². The van der Waals surface area contributed by atoms with E-state index in [1.165, 1.54) is 19.3 Å². The maximum absolute atomic E-state index is 9.58. The fourth-order valence-electron chi connectivity index (χ4n) is 2.92. The Hall–Kier alpha value is -1.17. The van der Waals surface area contributed by atoms with E-state index in [0.717, 1.165) is 36.4 Å². The van der Waals surface area contributed by atoms with E-state index in [0.29, 0.717) is 4.99 Å². The van der Waals surface area contributed by atoms with Crippen LogP contribution in [-0.4, -0.2) is 41.3 Å².